The normalized spacial score (nSPS) is 12.8. The molecule has 3 heteroatoms. The molecule has 1 aromatic heterocycles. The third-order valence-corrected chi connectivity index (χ3v) is 4.90. The number of hydrogen-bond donors (Lipinski definition) is 0. The number of hydrogen-bond acceptors (Lipinski definition) is 2. The van der Waals surface area contributed by atoms with Crippen LogP contribution >= 0.6 is 11.6 Å². The summed E-state index contributed by atoms with van der Waals surface area (Å²) < 4.78 is 5.94. The summed E-state index contributed by atoms with van der Waals surface area (Å²) in [7, 11) is 0. The lowest BCUT2D eigenvalue weighted by Gasteiger charge is -2.09. The molecule has 0 radical (unpaired) electrons. The van der Waals surface area contributed by atoms with E-state index in [1.165, 1.54) is 30.4 Å². The molecule has 0 bridgehead atoms. The first kappa shape index (κ1) is 16.2. The first-order valence-electron chi connectivity index (χ1n) is 8.74. The molecule has 1 aliphatic carbocycles. The van der Waals surface area contributed by atoms with E-state index < -0.39 is 0 Å². The summed E-state index contributed by atoms with van der Waals surface area (Å²) in [6.45, 7) is 0.635. The van der Waals surface area contributed by atoms with Gasteiger partial charge in [-0.05, 0) is 66.8 Å². The molecule has 0 aliphatic heterocycles. The van der Waals surface area contributed by atoms with Gasteiger partial charge in [-0.15, -0.1) is 0 Å². The summed E-state index contributed by atoms with van der Waals surface area (Å²) in [5, 5.41) is 0.739. The SMILES string of the molecule is Clc1ccc(-c2cccc(CCOc3ccc4c(c3)CCC4)n2)cc1. The number of aromatic nitrogens is 1. The van der Waals surface area contributed by atoms with E-state index in [2.05, 4.69) is 18.2 Å². The van der Waals surface area contributed by atoms with Gasteiger partial charge in [-0.2, -0.15) is 0 Å². The molecule has 0 unspecified atom stereocenters. The van der Waals surface area contributed by atoms with Crippen LogP contribution in [0.25, 0.3) is 11.3 Å². The van der Waals surface area contributed by atoms with Gasteiger partial charge in [-0.1, -0.05) is 35.9 Å². The maximum absolute atomic E-state index is 5.96. The van der Waals surface area contributed by atoms with Gasteiger partial charge in [0.15, 0.2) is 0 Å². The van der Waals surface area contributed by atoms with Crippen LogP contribution < -0.4 is 4.74 Å². The second kappa shape index (κ2) is 7.28. The summed E-state index contributed by atoms with van der Waals surface area (Å²) in [5.74, 6) is 0.967. The molecule has 0 saturated carbocycles. The van der Waals surface area contributed by atoms with Crippen LogP contribution in [0.2, 0.25) is 5.02 Å². The van der Waals surface area contributed by atoms with Gasteiger partial charge in [0.25, 0.3) is 0 Å². The van der Waals surface area contributed by atoms with Crippen molar-refractivity contribution in [2.75, 3.05) is 6.61 Å². The molecule has 25 heavy (non-hydrogen) atoms. The molecular formula is C22H20ClNO. The smallest absolute Gasteiger partial charge is 0.119 e. The van der Waals surface area contributed by atoms with E-state index in [9.17, 15) is 0 Å². The van der Waals surface area contributed by atoms with E-state index in [4.69, 9.17) is 21.3 Å². The molecule has 4 rings (SSSR count). The third kappa shape index (κ3) is 3.85. The van der Waals surface area contributed by atoms with Crippen LogP contribution in [0, 0.1) is 0 Å². The monoisotopic (exact) mass is 349 g/mol. The lowest BCUT2D eigenvalue weighted by atomic mass is 10.1. The Balaban J connectivity index is 1.40. The van der Waals surface area contributed by atoms with E-state index in [1.54, 1.807) is 0 Å². The predicted octanol–water partition coefficient (Wildman–Crippen LogP) is 5.51. The molecule has 0 amide bonds. The summed E-state index contributed by atoms with van der Waals surface area (Å²) >= 11 is 5.96. The standard InChI is InChI=1S/C22H20ClNO/c23-19-10-7-17(8-11-19)22-6-2-5-20(24-22)13-14-25-21-12-9-16-3-1-4-18(16)15-21/h2,5-12,15H,1,3-4,13-14H2. The highest BCUT2D eigenvalue weighted by Gasteiger charge is 2.11. The largest absolute Gasteiger partial charge is 0.493 e. The molecule has 0 N–H and O–H groups in total. The fourth-order valence-corrected chi connectivity index (χ4v) is 3.44. The Bertz CT molecular complexity index is 873. The lowest BCUT2D eigenvalue weighted by molar-refractivity contribution is 0.320. The van der Waals surface area contributed by atoms with Gasteiger partial charge in [-0.25, -0.2) is 0 Å². The Morgan fingerprint density at radius 1 is 0.920 bits per heavy atom. The van der Waals surface area contributed by atoms with Crippen LogP contribution in [0.4, 0.5) is 0 Å². The number of pyridine rings is 1. The minimum atomic E-state index is 0.635. The van der Waals surface area contributed by atoms with Crippen molar-refractivity contribution >= 4 is 11.6 Å². The van der Waals surface area contributed by atoms with Crippen LogP contribution in [-0.2, 0) is 19.3 Å². The van der Waals surface area contributed by atoms with Crippen molar-refractivity contribution in [3.8, 4) is 17.0 Å². The highest BCUT2D eigenvalue weighted by molar-refractivity contribution is 6.30. The van der Waals surface area contributed by atoms with E-state index in [0.717, 1.165) is 34.1 Å². The van der Waals surface area contributed by atoms with Crippen molar-refractivity contribution in [2.24, 2.45) is 0 Å². The number of nitrogens with zero attached hydrogens (tertiary/aromatic N) is 1. The molecule has 2 aromatic carbocycles. The Morgan fingerprint density at radius 2 is 1.76 bits per heavy atom. The minimum Gasteiger partial charge on any atom is -0.493 e. The zero-order chi connectivity index (χ0) is 17.1. The highest BCUT2D eigenvalue weighted by Crippen LogP contribution is 2.26. The Labute approximate surface area is 153 Å². The van der Waals surface area contributed by atoms with Crippen molar-refractivity contribution in [3.05, 3.63) is 82.5 Å². The van der Waals surface area contributed by atoms with Crippen LogP contribution in [0.5, 0.6) is 5.75 Å². The maximum Gasteiger partial charge on any atom is 0.119 e. The molecule has 1 heterocycles. The summed E-state index contributed by atoms with van der Waals surface area (Å²) in [4.78, 5) is 4.74. The van der Waals surface area contributed by atoms with Crippen LogP contribution in [-0.4, -0.2) is 11.6 Å². The molecule has 2 nitrogen and oxygen atoms in total. The molecule has 1 aliphatic rings. The van der Waals surface area contributed by atoms with E-state index in [1.807, 2.05) is 42.5 Å². The summed E-state index contributed by atoms with van der Waals surface area (Å²) in [6.07, 6.45) is 4.44. The zero-order valence-corrected chi connectivity index (χ0v) is 14.8. The van der Waals surface area contributed by atoms with E-state index >= 15 is 0 Å². The topological polar surface area (TPSA) is 22.1 Å². The predicted molar refractivity (Wildman–Crippen MR) is 102 cm³/mol. The zero-order valence-electron chi connectivity index (χ0n) is 14.0. The number of ether oxygens (including phenoxy) is 1. The number of fused-ring (bicyclic) bond motifs is 1. The quantitative estimate of drug-likeness (QED) is 0.605. The van der Waals surface area contributed by atoms with Crippen molar-refractivity contribution < 1.29 is 4.74 Å². The molecule has 126 valence electrons. The second-order valence-corrected chi connectivity index (χ2v) is 6.84. The highest BCUT2D eigenvalue weighted by atomic mass is 35.5. The lowest BCUT2D eigenvalue weighted by Crippen LogP contribution is -2.03. The fraction of sp³-hybridized carbons (Fsp3) is 0.227. The first-order chi connectivity index (χ1) is 12.3. The fourth-order valence-electron chi connectivity index (χ4n) is 3.31. The minimum absolute atomic E-state index is 0.635. The second-order valence-electron chi connectivity index (χ2n) is 6.40. The van der Waals surface area contributed by atoms with E-state index in [0.29, 0.717) is 6.61 Å². The van der Waals surface area contributed by atoms with Gasteiger partial charge in [0.1, 0.15) is 5.75 Å². The maximum atomic E-state index is 5.96. The average Bonchev–Trinajstić information content (AvgIpc) is 3.10. The van der Waals surface area contributed by atoms with Gasteiger partial charge >= 0.3 is 0 Å². The van der Waals surface area contributed by atoms with Crippen LogP contribution in [0.15, 0.2) is 60.7 Å². The number of rotatable bonds is 5. The molecule has 0 spiro atoms. The van der Waals surface area contributed by atoms with Crippen LogP contribution in [0.3, 0.4) is 0 Å². The van der Waals surface area contributed by atoms with Gasteiger partial charge in [0.2, 0.25) is 0 Å². The third-order valence-electron chi connectivity index (χ3n) is 4.64. The van der Waals surface area contributed by atoms with Gasteiger partial charge < -0.3 is 4.74 Å². The molecule has 0 fully saturated rings. The van der Waals surface area contributed by atoms with Gasteiger partial charge in [0.05, 0.1) is 12.3 Å². The van der Waals surface area contributed by atoms with Gasteiger partial charge in [0, 0.05) is 22.7 Å². The van der Waals surface area contributed by atoms with Gasteiger partial charge in [-0.3, -0.25) is 4.98 Å². The van der Waals surface area contributed by atoms with Crippen LogP contribution in [0.1, 0.15) is 23.2 Å². The Hall–Kier alpha value is -2.32. The van der Waals surface area contributed by atoms with Crippen molar-refractivity contribution in [3.63, 3.8) is 0 Å². The average molecular weight is 350 g/mol. The van der Waals surface area contributed by atoms with Crippen molar-refractivity contribution in [1.29, 1.82) is 0 Å². The van der Waals surface area contributed by atoms with Crippen molar-refractivity contribution in [1.82, 2.24) is 4.98 Å². The van der Waals surface area contributed by atoms with E-state index in [-0.39, 0.29) is 0 Å². The summed E-state index contributed by atoms with van der Waals surface area (Å²) in [5.41, 5.74) is 6.00. The Morgan fingerprint density at radius 3 is 2.64 bits per heavy atom. The number of benzene rings is 2. The summed E-state index contributed by atoms with van der Waals surface area (Å²) in [6, 6.07) is 20.4. The number of halogens is 1. The molecular weight excluding hydrogens is 330 g/mol. The molecule has 3 aromatic rings. The van der Waals surface area contributed by atoms with Crippen molar-refractivity contribution in [2.45, 2.75) is 25.7 Å². The molecule has 0 atom stereocenters. The molecule has 0 saturated heterocycles. The first-order valence-corrected chi connectivity index (χ1v) is 9.12. The Kier molecular flexibility index (Phi) is 4.71. The number of aryl methyl sites for hydroxylation is 2.